The van der Waals surface area contributed by atoms with Gasteiger partial charge < -0.3 is 10.1 Å². The van der Waals surface area contributed by atoms with Gasteiger partial charge in [0.05, 0.1) is 19.7 Å². The van der Waals surface area contributed by atoms with Crippen LogP contribution < -0.4 is 5.32 Å². The molecular weight excluding hydrogens is 232 g/mol. The number of hydrogen-bond donors (Lipinski definition) is 1. The highest BCUT2D eigenvalue weighted by atomic mass is 16.5. The molecule has 0 spiro atoms. The van der Waals surface area contributed by atoms with Crippen molar-refractivity contribution in [3.05, 3.63) is 12.7 Å². The Balaban J connectivity index is 4.04. The topological polar surface area (TPSA) is 58.6 Å². The monoisotopic (exact) mass is 256 g/mol. The van der Waals surface area contributed by atoms with E-state index in [1.54, 1.807) is 17.9 Å². The van der Waals surface area contributed by atoms with Gasteiger partial charge in [-0.05, 0) is 13.3 Å². The largest absolute Gasteiger partial charge is 0.465 e. The Labute approximate surface area is 109 Å². The van der Waals surface area contributed by atoms with Crippen LogP contribution in [0.2, 0.25) is 0 Å². The molecule has 0 unspecified atom stereocenters. The van der Waals surface area contributed by atoms with Crippen LogP contribution in [0.5, 0.6) is 0 Å². The SMILES string of the molecule is C=CCN(CC(=O)NCCCC)CC(=O)OCC. The van der Waals surface area contributed by atoms with Gasteiger partial charge in [-0.3, -0.25) is 14.5 Å². The van der Waals surface area contributed by atoms with Crippen LogP contribution in [0, 0.1) is 0 Å². The normalized spacial score (nSPS) is 10.2. The third-order valence-corrected chi connectivity index (χ3v) is 2.27. The fourth-order valence-corrected chi connectivity index (χ4v) is 1.42. The maximum atomic E-state index is 11.6. The highest BCUT2D eigenvalue weighted by Gasteiger charge is 2.13. The molecule has 0 heterocycles. The summed E-state index contributed by atoms with van der Waals surface area (Å²) in [5.41, 5.74) is 0. The van der Waals surface area contributed by atoms with Crippen LogP contribution in [-0.4, -0.2) is 49.6 Å². The van der Waals surface area contributed by atoms with Gasteiger partial charge in [0.2, 0.25) is 5.91 Å². The van der Waals surface area contributed by atoms with E-state index in [2.05, 4.69) is 18.8 Å². The molecule has 0 bridgehead atoms. The highest BCUT2D eigenvalue weighted by Crippen LogP contribution is 1.92. The lowest BCUT2D eigenvalue weighted by Gasteiger charge is -2.18. The second-order valence-corrected chi connectivity index (χ2v) is 3.97. The molecule has 5 heteroatoms. The van der Waals surface area contributed by atoms with Crippen molar-refractivity contribution in [3.63, 3.8) is 0 Å². The number of ether oxygens (including phenoxy) is 1. The molecule has 1 amide bonds. The van der Waals surface area contributed by atoms with Gasteiger partial charge in [-0.15, -0.1) is 6.58 Å². The molecule has 0 rings (SSSR count). The van der Waals surface area contributed by atoms with E-state index >= 15 is 0 Å². The molecule has 5 nitrogen and oxygen atoms in total. The molecule has 0 fully saturated rings. The zero-order valence-electron chi connectivity index (χ0n) is 11.4. The zero-order chi connectivity index (χ0) is 13.8. The molecule has 0 aliphatic heterocycles. The van der Waals surface area contributed by atoms with E-state index in [1.807, 2.05) is 0 Å². The van der Waals surface area contributed by atoms with Gasteiger partial charge in [0, 0.05) is 13.1 Å². The first kappa shape index (κ1) is 16.6. The minimum absolute atomic E-state index is 0.0744. The molecule has 0 aromatic heterocycles. The van der Waals surface area contributed by atoms with E-state index in [0.717, 1.165) is 12.8 Å². The van der Waals surface area contributed by atoms with Gasteiger partial charge >= 0.3 is 5.97 Å². The second-order valence-electron chi connectivity index (χ2n) is 3.97. The lowest BCUT2D eigenvalue weighted by molar-refractivity contribution is -0.144. The smallest absolute Gasteiger partial charge is 0.320 e. The van der Waals surface area contributed by atoms with Crippen LogP contribution in [-0.2, 0) is 14.3 Å². The fraction of sp³-hybridized carbons (Fsp3) is 0.692. The van der Waals surface area contributed by atoms with Crippen LogP contribution in [0.15, 0.2) is 12.7 Å². The number of esters is 1. The first-order valence-electron chi connectivity index (χ1n) is 6.39. The number of hydrogen-bond acceptors (Lipinski definition) is 4. The van der Waals surface area contributed by atoms with Crippen LogP contribution in [0.25, 0.3) is 0 Å². The van der Waals surface area contributed by atoms with Crippen molar-refractivity contribution < 1.29 is 14.3 Å². The molecule has 104 valence electrons. The minimum Gasteiger partial charge on any atom is -0.465 e. The maximum absolute atomic E-state index is 11.6. The molecule has 0 saturated carbocycles. The summed E-state index contributed by atoms with van der Waals surface area (Å²) in [5.74, 6) is -0.393. The van der Waals surface area contributed by atoms with Crippen LogP contribution in [0.4, 0.5) is 0 Å². The van der Waals surface area contributed by atoms with Crippen molar-refractivity contribution >= 4 is 11.9 Å². The number of amides is 1. The molecule has 18 heavy (non-hydrogen) atoms. The van der Waals surface area contributed by atoms with E-state index in [9.17, 15) is 9.59 Å². The van der Waals surface area contributed by atoms with Crippen LogP contribution in [0.3, 0.4) is 0 Å². The molecule has 0 aromatic carbocycles. The summed E-state index contributed by atoms with van der Waals surface area (Å²) >= 11 is 0. The molecule has 0 aliphatic carbocycles. The second kappa shape index (κ2) is 10.8. The number of rotatable bonds is 10. The average molecular weight is 256 g/mol. The highest BCUT2D eigenvalue weighted by molar-refractivity contribution is 5.79. The number of carbonyl (C=O) groups is 2. The van der Waals surface area contributed by atoms with E-state index in [1.165, 1.54) is 0 Å². The molecule has 0 aromatic rings. The van der Waals surface area contributed by atoms with E-state index in [-0.39, 0.29) is 25.0 Å². The van der Waals surface area contributed by atoms with Gasteiger partial charge in [0.15, 0.2) is 0 Å². The fourth-order valence-electron chi connectivity index (χ4n) is 1.42. The van der Waals surface area contributed by atoms with Crippen molar-refractivity contribution in [1.82, 2.24) is 10.2 Å². The van der Waals surface area contributed by atoms with E-state index < -0.39 is 0 Å². The lowest BCUT2D eigenvalue weighted by atomic mass is 10.3. The Morgan fingerprint density at radius 2 is 2.06 bits per heavy atom. The number of carbonyl (C=O) groups excluding carboxylic acids is 2. The van der Waals surface area contributed by atoms with E-state index in [4.69, 9.17) is 4.74 Å². The van der Waals surface area contributed by atoms with Gasteiger partial charge in [0.25, 0.3) is 0 Å². The average Bonchev–Trinajstić information content (AvgIpc) is 2.29. The van der Waals surface area contributed by atoms with Gasteiger partial charge in [-0.1, -0.05) is 19.4 Å². The maximum Gasteiger partial charge on any atom is 0.320 e. The van der Waals surface area contributed by atoms with Crippen molar-refractivity contribution in [1.29, 1.82) is 0 Å². The summed E-state index contributed by atoms with van der Waals surface area (Å²) in [5, 5.41) is 2.81. The minimum atomic E-state index is -0.319. The van der Waals surface area contributed by atoms with Gasteiger partial charge in [-0.25, -0.2) is 0 Å². The van der Waals surface area contributed by atoms with Crippen molar-refractivity contribution in [2.24, 2.45) is 0 Å². The first-order valence-corrected chi connectivity index (χ1v) is 6.39. The Morgan fingerprint density at radius 3 is 2.61 bits per heavy atom. The number of nitrogens with one attached hydrogen (secondary N) is 1. The van der Waals surface area contributed by atoms with Crippen molar-refractivity contribution in [3.8, 4) is 0 Å². The zero-order valence-corrected chi connectivity index (χ0v) is 11.4. The molecule has 0 radical (unpaired) electrons. The van der Waals surface area contributed by atoms with Crippen LogP contribution in [0.1, 0.15) is 26.7 Å². The predicted octanol–water partition coefficient (Wildman–Crippen LogP) is 0.954. The summed E-state index contributed by atoms with van der Waals surface area (Å²) in [4.78, 5) is 24.6. The van der Waals surface area contributed by atoms with Gasteiger partial charge in [0.1, 0.15) is 0 Å². The van der Waals surface area contributed by atoms with E-state index in [0.29, 0.717) is 19.7 Å². The Hall–Kier alpha value is -1.36. The quantitative estimate of drug-likeness (QED) is 0.359. The Bertz CT molecular complexity index is 267. The molecular formula is C13H24N2O3. The predicted molar refractivity (Wildman–Crippen MR) is 71.2 cm³/mol. The van der Waals surface area contributed by atoms with Crippen LogP contribution >= 0.6 is 0 Å². The number of unbranched alkanes of at least 4 members (excludes halogenated alkanes) is 1. The summed E-state index contributed by atoms with van der Waals surface area (Å²) in [6, 6.07) is 0. The Kier molecular flexibility index (Phi) is 9.96. The summed E-state index contributed by atoms with van der Waals surface area (Å²) in [6.07, 6.45) is 3.67. The summed E-state index contributed by atoms with van der Waals surface area (Å²) in [7, 11) is 0. The summed E-state index contributed by atoms with van der Waals surface area (Å²) < 4.78 is 4.85. The van der Waals surface area contributed by atoms with Crippen molar-refractivity contribution in [2.45, 2.75) is 26.7 Å². The molecule has 0 atom stereocenters. The molecule has 0 saturated heterocycles. The molecule has 1 N–H and O–H groups in total. The third kappa shape index (κ3) is 8.75. The number of nitrogens with zero attached hydrogens (tertiary/aromatic N) is 1. The standard InChI is InChI=1S/C13H24N2O3/c1-4-7-8-14-12(16)10-15(9-5-2)11-13(17)18-6-3/h5H,2,4,6-11H2,1,3H3,(H,14,16). The van der Waals surface area contributed by atoms with Crippen molar-refractivity contribution in [2.75, 3.05) is 32.8 Å². The lowest BCUT2D eigenvalue weighted by Crippen LogP contribution is -2.40. The Morgan fingerprint density at radius 1 is 1.33 bits per heavy atom. The summed E-state index contributed by atoms with van der Waals surface area (Å²) in [6.45, 7) is 9.25. The third-order valence-electron chi connectivity index (χ3n) is 2.27. The molecule has 0 aliphatic rings. The van der Waals surface area contributed by atoms with Gasteiger partial charge in [-0.2, -0.15) is 0 Å². The first-order chi connectivity index (χ1) is 8.63.